The molecule has 1 atom stereocenters. The first-order valence-corrected chi connectivity index (χ1v) is 11.7. The van der Waals surface area contributed by atoms with E-state index in [1.54, 1.807) is 11.8 Å². The molecule has 0 aromatic heterocycles. The SMILES string of the molecule is CCCCNC(=O)[C@@H](C)N(Cc1ccc(Br)cc1)C(=O)COc1ccccc1C(C)C. The van der Waals surface area contributed by atoms with Crippen LogP contribution in [-0.2, 0) is 16.1 Å². The fourth-order valence-corrected chi connectivity index (χ4v) is 3.48. The average Bonchev–Trinajstić information content (AvgIpc) is 2.76. The molecule has 6 heteroatoms. The zero-order chi connectivity index (χ0) is 22.8. The van der Waals surface area contributed by atoms with Crippen LogP contribution in [0.3, 0.4) is 0 Å². The molecule has 168 valence electrons. The van der Waals surface area contributed by atoms with Gasteiger partial charge in [0.25, 0.3) is 5.91 Å². The minimum Gasteiger partial charge on any atom is -0.483 e. The van der Waals surface area contributed by atoms with Gasteiger partial charge in [-0.05, 0) is 48.6 Å². The van der Waals surface area contributed by atoms with Crippen molar-refractivity contribution in [2.45, 2.75) is 59.0 Å². The number of hydrogen-bond acceptors (Lipinski definition) is 3. The lowest BCUT2D eigenvalue weighted by Gasteiger charge is -2.29. The Morgan fingerprint density at radius 1 is 1.06 bits per heavy atom. The number of unbranched alkanes of at least 4 members (excludes halogenated alkanes) is 1. The Morgan fingerprint density at radius 3 is 2.39 bits per heavy atom. The molecule has 31 heavy (non-hydrogen) atoms. The second-order valence-corrected chi connectivity index (χ2v) is 8.87. The van der Waals surface area contributed by atoms with Crippen molar-refractivity contribution in [3.63, 3.8) is 0 Å². The number of halogens is 1. The van der Waals surface area contributed by atoms with Crippen LogP contribution >= 0.6 is 15.9 Å². The Hall–Kier alpha value is -2.34. The number of hydrogen-bond donors (Lipinski definition) is 1. The molecule has 1 N–H and O–H groups in total. The summed E-state index contributed by atoms with van der Waals surface area (Å²) in [6.07, 6.45) is 1.91. The van der Waals surface area contributed by atoms with E-state index in [0.717, 1.165) is 28.4 Å². The smallest absolute Gasteiger partial charge is 0.261 e. The van der Waals surface area contributed by atoms with Gasteiger partial charge in [-0.3, -0.25) is 9.59 Å². The summed E-state index contributed by atoms with van der Waals surface area (Å²) in [6, 6.07) is 14.9. The Balaban J connectivity index is 2.15. The minimum absolute atomic E-state index is 0.118. The van der Waals surface area contributed by atoms with Gasteiger partial charge in [0.15, 0.2) is 6.61 Å². The third-order valence-electron chi connectivity index (χ3n) is 5.16. The monoisotopic (exact) mass is 488 g/mol. The molecule has 0 fully saturated rings. The Labute approximate surface area is 194 Å². The minimum atomic E-state index is -0.600. The van der Waals surface area contributed by atoms with E-state index < -0.39 is 6.04 Å². The highest BCUT2D eigenvalue weighted by Gasteiger charge is 2.26. The molecule has 0 radical (unpaired) electrons. The summed E-state index contributed by atoms with van der Waals surface area (Å²) in [5, 5.41) is 2.93. The van der Waals surface area contributed by atoms with Gasteiger partial charge in [0.1, 0.15) is 11.8 Å². The quantitative estimate of drug-likeness (QED) is 0.437. The van der Waals surface area contributed by atoms with Gasteiger partial charge in [0.05, 0.1) is 0 Å². The van der Waals surface area contributed by atoms with Crippen molar-refractivity contribution in [2.24, 2.45) is 0 Å². The molecule has 0 aliphatic heterocycles. The number of rotatable bonds is 11. The van der Waals surface area contributed by atoms with Gasteiger partial charge < -0.3 is 15.0 Å². The van der Waals surface area contributed by atoms with Crippen molar-refractivity contribution in [1.29, 1.82) is 0 Å². The van der Waals surface area contributed by atoms with E-state index in [9.17, 15) is 9.59 Å². The highest BCUT2D eigenvalue weighted by Crippen LogP contribution is 2.26. The first-order valence-electron chi connectivity index (χ1n) is 10.9. The van der Waals surface area contributed by atoms with Crippen LogP contribution in [0.1, 0.15) is 57.6 Å². The van der Waals surface area contributed by atoms with Crippen molar-refractivity contribution < 1.29 is 14.3 Å². The van der Waals surface area contributed by atoms with Gasteiger partial charge in [-0.25, -0.2) is 0 Å². The van der Waals surface area contributed by atoms with E-state index in [4.69, 9.17) is 4.74 Å². The number of benzene rings is 2. The van der Waals surface area contributed by atoms with Crippen LogP contribution in [0.4, 0.5) is 0 Å². The van der Waals surface area contributed by atoms with Crippen LogP contribution in [0, 0.1) is 0 Å². The Kier molecular flexibility index (Phi) is 10.0. The number of amides is 2. The summed E-state index contributed by atoms with van der Waals surface area (Å²) in [5.41, 5.74) is 2.01. The summed E-state index contributed by atoms with van der Waals surface area (Å²) in [5.74, 6) is 0.615. The lowest BCUT2D eigenvalue weighted by atomic mass is 10.0. The first kappa shape index (κ1) is 24.9. The summed E-state index contributed by atoms with van der Waals surface area (Å²) < 4.78 is 6.86. The molecule has 5 nitrogen and oxygen atoms in total. The molecule has 0 bridgehead atoms. The Morgan fingerprint density at radius 2 is 1.74 bits per heavy atom. The lowest BCUT2D eigenvalue weighted by molar-refractivity contribution is -0.142. The van der Waals surface area contributed by atoms with E-state index in [1.807, 2.05) is 48.5 Å². The summed E-state index contributed by atoms with van der Waals surface area (Å²) in [7, 11) is 0. The molecule has 2 aromatic rings. The molecule has 0 saturated carbocycles. The molecule has 0 aliphatic rings. The summed E-state index contributed by atoms with van der Waals surface area (Å²) in [4.78, 5) is 27.4. The van der Waals surface area contributed by atoms with Crippen LogP contribution in [0.15, 0.2) is 53.0 Å². The van der Waals surface area contributed by atoms with Crippen molar-refractivity contribution in [3.8, 4) is 5.75 Å². The standard InChI is InChI=1S/C25H33BrN2O3/c1-5-6-15-27-25(30)19(4)28(16-20-11-13-21(26)14-12-20)24(29)17-31-23-10-8-7-9-22(23)18(2)3/h7-14,18-19H,5-6,15-17H2,1-4H3,(H,27,30)/t19-/m1/s1. The second-order valence-electron chi connectivity index (χ2n) is 7.95. The summed E-state index contributed by atoms with van der Waals surface area (Å²) in [6.45, 7) is 8.85. The number of carbonyl (C=O) groups excluding carboxylic acids is 2. The highest BCUT2D eigenvalue weighted by atomic mass is 79.9. The van der Waals surface area contributed by atoms with Gasteiger partial charge in [-0.2, -0.15) is 0 Å². The van der Waals surface area contributed by atoms with Crippen LogP contribution in [0.5, 0.6) is 5.75 Å². The number of ether oxygens (including phenoxy) is 1. The zero-order valence-corrected chi connectivity index (χ0v) is 20.4. The summed E-state index contributed by atoms with van der Waals surface area (Å²) >= 11 is 3.43. The topological polar surface area (TPSA) is 58.6 Å². The van der Waals surface area contributed by atoms with Gasteiger partial charge in [0.2, 0.25) is 5.91 Å². The van der Waals surface area contributed by atoms with Gasteiger partial charge in [0, 0.05) is 17.6 Å². The maximum atomic E-state index is 13.2. The number of carbonyl (C=O) groups is 2. The predicted molar refractivity (Wildman–Crippen MR) is 128 cm³/mol. The van der Waals surface area contributed by atoms with Crippen LogP contribution in [0.25, 0.3) is 0 Å². The van der Waals surface area contributed by atoms with Crippen molar-refractivity contribution in [3.05, 3.63) is 64.1 Å². The molecule has 0 spiro atoms. The van der Waals surface area contributed by atoms with Crippen LogP contribution in [-0.4, -0.2) is 35.9 Å². The number of para-hydroxylation sites is 1. The maximum absolute atomic E-state index is 13.2. The fourth-order valence-electron chi connectivity index (χ4n) is 3.22. The third-order valence-corrected chi connectivity index (χ3v) is 5.68. The molecule has 2 rings (SSSR count). The molecule has 2 amide bonds. The molecule has 0 unspecified atom stereocenters. The average molecular weight is 489 g/mol. The number of nitrogens with one attached hydrogen (secondary N) is 1. The normalized spacial score (nSPS) is 11.8. The van der Waals surface area contributed by atoms with E-state index in [2.05, 4.69) is 42.0 Å². The highest BCUT2D eigenvalue weighted by molar-refractivity contribution is 9.10. The van der Waals surface area contributed by atoms with Crippen LogP contribution < -0.4 is 10.1 Å². The number of nitrogens with zero attached hydrogens (tertiary/aromatic N) is 1. The van der Waals surface area contributed by atoms with E-state index >= 15 is 0 Å². The van der Waals surface area contributed by atoms with Gasteiger partial charge >= 0.3 is 0 Å². The fraction of sp³-hybridized carbons (Fsp3) is 0.440. The van der Waals surface area contributed by atoms with E-state index in [1.165, 1.54) is 0 Å². The predicted octanol–water partition coefficient (Wildman–Crippen LogP) is 5.28. The van der Waals surface area contributed by atoms with Crippen molar-refractivity contribution in [1.82, 2.24) is 10.2 Å². The van der Waals surface area contributed by atoms with Gasteiger partial charge in [-0.15, -0.1) is 0 Å². The maximum Gasteiger partial charge on any atom is 0.261 e. The zero-order valence-electron chi connectivity index (χ0n) is 18.9. The molecular formula is C25H33BrN2O3. The molecule has 2 aromatic carbocycles. The first-order chi connectivity index (χ1) is 14.8. The molecule has 0 heterocycles. The molecule has 0 aliphatic carbocycles. The lowest BCUT2D eigenvalue weighted by Crippen LogP contribution is -2.49. The van der Waals surface area contributed by atoms with Crippen molar-refractivity contribution >= 4 is 27.7 Å². The Bertz CT molecular complexity index is 852. The van der Waals surface area contributed by atoms with Crippen LogP contribution in [0.2, 0.25) is 0 Å². The second kappa shape index (κ2) is 12.5. The van der Waals surface area contributed by atoms with E-state index in [0.29, 0.717) is 18.8 Å². The molecular weight excluding hydrogens is 456 g/mol. The third kappa shape index (κ3) is 7.69. The molecule has 0 saturated heterocycles. The van der Waals surface area contributed by atoms with E-state index in [-0.39, 0.29) is 24.3 Å². The van der Waals surface area contributed by atoms with Crippen molar-refractivity contribution in [2.75, 3.05) is 13.2 Å². The van der Waals surface area contributed by atoms with Gasteiger partial charge in [-0.1, -0.05) is 73.5 Å². The largest absolute Gasteiger partial charge is 0.483 e.